The van der Waals surface area contributed by atoms with E-state index in [0.29, 0.717) is 0 Å². The van der Waals surface area contributed by atoms with Crippen molar-refractivity contribution in [3.05, 3.63) is 0 Å². The normalized spacial score (nSPS) is 3.60. The topological polar surface area (TPSA) is 40.5 Å². The van der Waals surface area contributed by atoms with E-state index in [1.807, 2.05) is 0 Å². The van der Waals surface area contributed by atoms with Crippen LogP contribution in [0.3, 0.4) is 0 Å². The van der Waals surface area contributed by atoms with Crippen molar-refractivity contribution in [2.75, 3.05) is 0 Å². The summed E-state index contributed by atoms with van der Waals surface area (Å²) in [4.78, 5) is 0. The van der Waals surface area contributed by atoms with Gasteiger partial charge in [0.05, 0.1) is 0 Å². The van der Waals surface area contributed by atoms with Crippen molar-refractivity contribution in [3.8, 4) is 0 Å². The van der Waals surface area contributed by atoms with Crippen LogP contribution in [0.2, 0.25) is 0 Å². The Morgan fingerprint density at radius 3 is 1.00 bits per heavy atom. The van der Waals surface area contributed by atoms with Crippen molar-refractivity contribution in [2.24, 2.45) is 0 Å². The Labute approximate surface area is 102 Å². The Balaban J connectivity index is -0.0000000200. The molecular formula is H2Ce2O2S. The van der Waals surface area contributed by atoms with Crippen molar-refractivity contribution in [1.29, 1.82) is 0 Å². The Morgan fingerprint density at radius 1 is 1.00 bits per heavy atom. The van der Waals surface area contributed by atoms with Crippen molar-refractivity contribution in [1.82, 2.24) is 0 Å². The smallest absolute Gasteiger partial charge is 0.152 e. The fraction of sp³-hybridized carbons (Fsp3) is 0. The van der Waals surface area contributed by atoms with E-state index in [0.717, 1.165) is 0 Å². The predicted octanol–water partition coefficient (Wildman–Crippen LogP) is 0.666. The van der Waals surface area contributed by atoms with E-state index in [-0.39, 0.29) is 95.8 Å². The summed E-state index contributed by atoms with van der Waals surface area (Å²) in [5, 5.41) is 0. The molecular weight excluding hydrogens is 344 g/mol. The Morgan fingerprint density at radius 2 is 1.00 bits per heavy atom. The molecule has 0 saturated carbocycles. The van der Waals surface area contributed by atoms with Crippen LogP contribution in [0.5, 0.6) is 0 Å². The summed E-state index contributed by atoms with van der Waals surface area (Å²) in [6.45, 7) is 0. The van der Waals surface area contributed by atoms with Crippen LogP contribution in [0.25, 0.3) is 0 Å². The maximum atomic E-state index is 7.04. The average Bonchev–Trinajstić information content (AvgIpc) is 0.918. The average molecular weight is 346 g/mol. The molecule has 5 heavy (non-hydrogen) atoms. The first kappa shape index (κ1) is 15.7. The minimum atomic E-state index is -0.250. The molecule has 2 N–H and O–H groups in total. The zero-order valence-corrected chi connectivity index (χ0v) is 9.40. The fourth-order valence-electron chi connectivity index (χ4n) is 0. The molecule has 0 spiro atoms. The van der Waals surface area contributed by atoms with Gasteiger partial charge in [-0.2, -0.15) is 0 Å². The van der Waals surface area contributed by atoms with E-state index in [1.54, 1.807) is 0 Å². The molecule has 5 heteroatoms. The molecule has 0 aliphatic carbocycles. The molecule has 0 radical (unpaired) electrons. The summed E-state index contributed by atoms with van der Waals surface area (Å²) in [6, 6.07) is 0. The van der Waals surface area contributed by atoms with E-state index >= 15 is 0 Å². The molecule has 0 unspecified atom stereocenters. The first-order chi connectivity index (χ1) is 1.41. The van der Waals surface area contributed by atoms with Crippen LogP contribution < -0.4 is 0 Å². The Bertz CT molecular complexity index is 7.61. The summed E-state index contributed by atoms with van der Waals surface area (Å²) < 4.78 is 14.1. The number of rotatable bonds is 0. The zero-order chi connectivity index (χ0) is 2.71. The minimum Gasteiger partial charge on any atom is -0.307 e. The van der Waals surface area contributed by atoms with E-state index in [9.17, 15) is 0 Å². The quantitative estimate of drug-likeness (QED) is 0.634. The molecule has 0 atom stereocenters. The molecule has 0 bridgehead atoms. The minimum absolute atomic E-state index is 0. The van der Waals surface area contributed by atoms with Gasteiger partial charge in [0.15, 0.2) is 12.3 Å². The van der Waals surface area contributed by atoms with Crippen LogP contribution in [0.4, 0.5) is 0 Å². The predicted molar refractivity (Wildman–Crippen MR) is 12.8 cm³/mol. The summed E-state index contributed by atoms with van der Waals surface area (Å²) in [6.07, 6.45) is 0. The van der Waals surface area contributed by atoms with Crippen LogP contribution >= 0.6 is 12.3 Å². The Kier molecular flexibility index (Phi) is 49.4. The molecule has 0 aromatic heterocycles. The third-order valence-electron chi connectivity index (χ3n) is 0. The fourth-order valence-corrected chi connectivity index (χ4v) is 0. The summed E-state index contributed by atoms with van der Waals surface area (Å²) in [5.41, 5.74) is 0. The van der Waals surface area contributed by atoms with Gasteiger partial charge in [-0.3, -0.25) is 0 Å². The monoisotopic (exact) mass is 346 g/mol. The van der Waals surface area contributed by atoms with Gasteiger partial charge in [0.2, 0.25) is 0 Å². The van der Waals surface area contributed by atoms with Crippen LogP contribution in [-0.2, 0) is 0 Å². The largest absolute Gasteiger partial charge is 0.307 e. The second-order valence-corrected chi connectivity index (χ2v) is 0.245. The van der Waals surface area contributed by atoms with E-state index in [4.69, 9.17) is 9.11 Å². The molecule has 0 rings (SSSR count). The van der Waals surface area contributed by atoms with Gasteiger partial charge in [0, 0.05) is 83.5 Å². The maximum absolute atomic E-state index is 7.04. The molecule has 0 amide bonds. The first-order valence-electron chi connectivity index (χ1n) is 0.365. The van der Waals surface area contributed by atoms with Crippen LogP contribution in [-0.4, -0.2) is 9.11 Å². The second kappa shape index (κ2) is 15.7. The summed E-state index contributed by atoms with van der Waals surface area (Å²) in [5.74, 6) is 0. The summed E-state index contributed by atoms with van der Waals surface area (Å²) in [7, 11) is 0. The van der Waals surface area contributed by atoms with Gasteiger partial charge < -0.3 is 9.11 Å². The van der Waals surface area contributed by atoms with Gasteiger partial charge in [0.1, 0.15) is 0 Å². The van der Waals surface area contributed by atoms with Crippen LogP contribution in [0.15, 0.2) is 0 Å². The maximum Gasteiger partial charge on any atom is 0.152 e. The number of hydrogen-bond donors (Lipinski definition) is 2. The standard InChI is InChI=1S/2Ce.H2O2S/c;;1-3-2/h;;1-2H. The third kappa shape index (κ3) is 19.4. The molecule has 0 aromatic carbocycles. The van der Waals surface area contributed by atoms with Gasteiger partial charge in [-0.25, -0.2) is 0 Å². The van der Waals surface area contributed by atoms with Gasteiger partial charge in [-0.05, 0) is 0 Å². The second-order valence-electron chi connectivity index (χ2n) is 0.0816. The molecule has 0 aliphatic heterocycles. The van der Waals surface area contributed by atoms with Gasteiger partial charge in [-0.1, -0.05) is 0 Å². The van der Waals surface area contributed by atoms with Gasteiger partial charge >= 0.3 is 0 Å². The van der Waals surface area contributed by atoms with Gasteiger partial charge in [-0.15, -0.1) is 0 Å². The molecule has 0 heterocycles. The van der Waals surface area contributed by atoms with Crippen molar-refractivity contribution in [2.45, 2.75) is 0 Å². The molecule has 2 nitrogen and oxygen atoms in total. The summed E-state index contributed by atoms with van der Waals surface area (Å²) >= 11 is -0.250. The van der Waals surface area contributed by atoms with Crippen molar-refractivity contribution < 1.29 is 92.6 Å². The van der Waals surface area contributed by atoms with E-state index in [2.05, 4.69) is 0 Å². The van der Waals surface area contributed by atoms with Crippen LogP contribution in [0, 0.1) is 83.5 Å². The van der Waals surface area contributed by atoms with E-state index in [1.165, 1.54) is 0 Å². The SMILES string of the molecule is OSO.[Ce].[Ce]. The molecule has 0 fully saturated rings. The van der Waals surface area contributed by atoms with Crippen molar-refractivity contribution >= 4 is 12.3 Å². The first-order valence-corrected chi connectivity index (χ1v) is 1.10. The van der Waals surface area contributed by atoms with Gasteiger partial charge in [0.25, 0.3) is 0 Å². The number of hydrogen-bond acceptors (Lipinski definition) is 3. The Hall–Kier alpha value is 3.02. The molecule has 0 aromatic rings. The third-order valence-corrected chi connectivity index (χ3v) is 0. The molecule has 0 aliphatic rings. The van der Waals surface area contributed by atoms with Crippen LogP contribution in [0.1, 0.15) is 0 Å². The van der Waals surface area contributed by atoms with Crippen molar-refractivity contribution in [3.63, 3.8) is 0 Å². The molecule has 28 valence electrons. The van der Waals surface area contributed by atoms with E-state index < -0.39 is 0 Å². The zero-order valence-electron chi connectivity index (χ0n) is 2.30. The molecule has 0 saturated heterocycles.